The Balaban J connectivity index is 1.33. The fraction of sp³-hybridized carbons (Fsp3) is 0.132. The molecule has 1 aromatic heterocycles. The van der Waals surface area contributed by atoms with Gasteiger partial charge in [-0.2, -0.15) is 0 Å². The SMILES string of the molecule is CC(C)(C)c1ccc(N(c2ccc3c(c2)C(C)(C)c2ccccc2-3)c2ccc3ccccc3c2-c2cccc3oc4ccccc4c23)c(-c2ccccc2)c1. The van der Waals surface area contributed by atoms with Gasteiger partial charge in [-0.05, 0) is 97.6 Å². The third-order valence-corrected chi connectivity index (χ3v) is 11.8. The van der Waals surface area contributed by atoms with Gasteiger partial charge in [0.05, 0.1) is 11.4 Å². The van der Waals surface area contributed by atoms with Gasteiger partial charge in [-0.25, -0.2) is 0 Å². The van der Waals surface area contributed by atoms with Crippen molar-refractivity contribution in [2.45, 2.75) is 45.4 Å². The quantitative estimate of drug-likeness (QED) is 0.177. The summed E-state index contributed by atoms with van der Waals surface area (Å²) in [5.41, 5.74) is 16.3. The molecular weight excluding hydrogens is 667 g/mol. The molecule has 0 radical (unpaired) electrons. The van der Waals surface area contributed by atoms with E-state index in [4.69, 9.17) is 4.42 Å². The second-order valence-electron chi connectivity index (χ2n) is 16.5. The van der Waals surface area contributed by atoms with Crippen LogP contribution in [-0.2, 0) is 10.8 Å². The van der Waals surface area contributed by atoms with Gasteiger partial charge in [0.2, 0.25) is 0 Å². The Morgan fingerprint density at radius 3 is 2.00 bits per heavy atom. The molecule has 2 heteroatoms. The lowest BCUT2D eigenvalue weighted by atomic mass is 9.82. The Morgan fingerprint density at radius 1 is 0.491 bits per heavy atom. The van der Waals surface area contributed by atoms with Crippen molar-refractivity contribution in [2.75, 3.05) is 4.90 Å². The van der Waals surface area contributed by atoms with E-state index < -0.39 is 0 Å². The molecule has 0 saturated heterocycles. The van der Waals surface area contributed by atoms with Crippen LogP contribution in [0.25, 0.3) is 66.1 Å². The number of hydrogen-bond donors (Lipinski definition) is 0. The van der Waals surface area contributed by atoms with E-state index in [0.717, 1.165) is 44.6 Å². The van der Waals surface area contributed by atoms with Crippen LogP contribution in [0.15, 0.2) is 174 Å². The van der Waals surface area contributed by atoms with E-state index in [0.29, 0.717) is 0 Å². The number of fused-ring (bicyclic) bond motifs is 7. The van der Waals surface area contributed by atoms with Crippen molar-refractivity contribution < 1.29 is 4.42 Å². The average molecular weight is 710 g/mol. The number of anilines is 3. The van der Waals surface area contributed by atoms with Gasteiger partial charge < -0.3 is 9.32 Å². The lowest BCUT2D eigenvalue weighted by molar-refractivity contribution is 0.590. The summed E-state index contributed by atoms with van der Waals surface area (Å²) in [5, 5.41) is 4.65. The molecule has 0 fully saturated rings. The van der Waals surface area contributed by atoms with Crippen LogP contribution in [0.4, 0.5) is 17.1 Å². The molecule has 8 aromatic carbocycles. The minimum atomic E-state index is -0.153. The topological polar surface area (TPSA) is 16.4 Å². The van der Waals surface area contributed by atoms with E-state index in [1.54, 1.807) is 0 Å². The number of furan rings is 1. The van der Waals surface area contributed by atoms with Crippen LogP contribution in [0.2, 0.25) is 0 Å². The number of benzene rings is 8. The second-order valence-corrected chi connectivity index (χ2v) is 16.5. The first-order valence-electron chi connectivity index (χ1n) is 19.4. The van der Waals surface area contributed by atoms with Crippen molar-refractivity contribution in [1.29, 1.82) is 0 Å². The van der Waals surface area contributed by atoms with Gasteiger partial charge in [-0.15, -0.1) is 0 Å². The van der Waals surface area contributed by atoms with Crippen molar-refractivity contribution in [2.24, 2.45) is 0 Å². The summed E-state index contributed by atoms with van der Waals surface area (Å²) >= 11 is 0. The smallest absolute Gasteiger partial charge is 0.136 e. The molecule has 0 atom stereocenters. The lowest BCUT2D eigenvalue weighted by Crippen LogP contribution is -2.18. The standard InChI is InChI=1S/C53H43NO/c1-52(2,3)36-27-31-46(43(32-36)34-16-7-6-8-17-34)54(37-28-29-40-39-20-11-13-23-44(39)53(4,5)45(40)33-37)47-30-26-35-18-9-10-19-38(35)50(47)42-22-15-25-49-51(42)41-21-12-14-24-48(41)55-49/h6-33H,1-5H3. The maximum atomic E-state index is 6.51. The monoisotopic (exact) mass is 709 g/mol. The molecule has 1 heterocycles. The molecule has 55 heavy (non-hydrogen) atoms. The minimum absolute atomic E-state index is 0.0254. The number of rotatable bonds is 5. The Bertz CT molecular complexity index is 2940. The predicted octanol–water partition coefficient (Wildman–Crippen LogP) is 15.1. The molecule has 0 spiro atoms. The van der Waals surface area contributed by atoms with Crippen LogP contribution in [0.1, 0.15) is 51.3 Å². The summed E-state index contributed by atoms with van der Waals surface area (Å²) in [4.78, 5) is 2.52. The van der Waals surface area contributed by atoms with Gasteiger partial charge in [0, 0.05) is 33.0 Å². The molecule has 266 valence electrons. The molecule has 9 aromatic rings. The summed E-state index contributed by atoms with van der Waals surface area (Å²) in [6.45, 7) is 11.6. The van der Waals surface area contributed by atoms with E-state index in [9.17, 15) is 0 Å². The van der Waals surface area contributed by atoms with E-state index in [-0.39, 0.29) is 10.8 Å². The molecule has 2 nitrogen and oxygen atoms in total. The number of para-hydroxylation sites is 1. The Labute approximate surface area is 323 Å². The van der Waals surface area contributed by atoms with Crippen LogP contribution < -0.4 is 4.90 Å². The van der Waals surface area contributed by atoms with Gasteiger partial charge in [0.15, 0.2) is 0 Å². The lowest BCUT2D eigenvalue weighted by Gasteiger charge is -2.33. The van der Waals surface area contributed by atoms with Gasteiger partial charge in [-0.3, -0.25) is 0 Å². The molecular formula is C53H43NO. The highest BCUT2D eigenvalue weighted by molar-refractivity contribution is 6.18. The van der Waals surface area contributed by atoms with Crippen LogP contribution in [0.5, 0.6) is 0 Å². The predicted molar refractivity (Wildman–Crippen MR) is 233 cm³/mol. The molecule has 1 aliphatic carbocycles. The fourth-order valence-electron chi connectivity index (χ4n) is 9.00. The Morgan fingerprint density at radius 2 is 1.16 bits per heavy atom. The zero-order valence-electron chi connectivity index (χ0n) is 32.0. The third kappa shape index (κ3) is 5.23. The maximum Gasteiger partial charge on any atom is 0.136 e. The van der Waals surface area contributed by atoms with E-state index >= 15 is 0 Å². The molecule has 0 aliphatic heterocycles. The highest BCUT2D eigenvalue weighted by atomic mass is 16.3. The molecule has 0 saturated carbocycles. The molecule has 0 unspecified atom stereocenters. The van der Waals surface area contributed by atoms with Crippen molar-refractivity contribution in [3.8, 4) is 33.4 Å². The van der Waals surface area contributed by atoms with Crippen molar-refractivity contribution in [3.05, 3.63) is 187 Å². The van der Waals surface area contributed by atoms with Gasteiger partial charge in [-0.1, -0.05) is 162 Å². The van der Waals surface area contributed by atoms with Gasteiger partial charge in [0.1, 0.15) is 11.2 Å². The highest BCUT2D eigenvalue weighted by Crippen LogP contribution is 2.53. The first-order valence-corrected chi connectivity index (χ1v) is 19.4. The normalized spacial score (nSPS) is 13.3. The molecule has 1 aliphatic rings. The number of hydrogen-bond acceptors (Lipinski definition) is 2. The Kier molecular flexibility index (Phi) is 7.44. The third-order valence-electron chi connectivity index (χ3n) is 11.8. The molecule has 0 N–H and O–H groups in total. The fourth-order valence-corrected chi connectivity index (χ4v) is 9.00. The van der Waals surface area contributed by atoms with E-state index in [1.165, 1.54) is 55.3 Å². The Hall–Kier alpha value is -6.38. The number of nitrogens with zero attached hydrogens (tertiary/aromatic N) is 1. The zero-order chi connectivity index (χ0) is 37.5. The minimum Gasteiger partial charge on any atom is -0.456 e. The highest BCUT2D eigenvalue weighted by Gasteiger charge is 2.36. The summed E-state index contributed by atoms with van der Waals surface area (Å²) in [6, 6.07) is 62.3. The van der Waals surface area contributed by atoms with E-state index in [2.05, 4.69) is 209 Å². The average Bonchev–Trinajstić information content (AvgIpc) is 3.70. The van der Waals surface area contributed by atoms with E-state index in [1.807, 2.05) is 0 Å². The van der Waals surface area contributed by atoms with Crippen LogP contribution in [0, 0.1) is 0 Å². The van der Waals surface area contributed by atoms with Crippen molar-refractivity contribution in [1.82, 2.24) is 0 Å². The second kappa shape index (κ2) is 12.3. The van der Waals surface area contributed by atoms with Gasteiger partial charge in [0.25, 0.3) is 0 Å². The molecule has 0 bridgehead atoms. The zero-order valence-corrected chi connectivity index (χ0v) is 32.0. The van der Waals surface area contributed by atoms with Crippen LogP contribution >= 0.6 is 0 Å². The van der Waals surface area contributed by atoms with Crippen molar-refractivity contribution in [3.63, 3.8) is 0 Å². The van der Waals surface area contributed by atoms with Crippen LogP contribution in [0.3, 0.4) is 0 Å². The van der Waals surface area contributed by atoms with Gasteiger partial charge >= 0.3 is 0 Å². The summed E-state index contributed by atoms with van der Waals surface area (Å²) in [7, 11) is 0. The summed E-state index contributed by atoms with van der Waals surface area (Å²) < 4.78 is 6.51. The molecule has 0 amide bonds. The first kappa shape index (κ1) is 33.2. The van der Waals surface area contributed by atoms with Crippen molar-refractivity contribution >= 4 is 49.8 Å². The maximum absolute atomic E-state index is 6.51. The first-order chi connectivity index (χ1) is 26.7. The summed E-state index contributed by atoms with van der Waals surface area (Å²) in [6.07, 6.45) is 0. The largest absolute Gasteiger partial charge is 0.456 e. The molecule has 10 rings (SSSR count). The van der Waals surface area contributed by atoms with Crippen LogP contribution in [-0.4, -0.2) is 0 Å². The summed E-state index contributed by atoms with van der Waals surface area (Å²) in [5.74, 6) is 0.